The van der Waals surface area contributed by atoms with E-state index in [4.69, 9.17) is 0 Å². The van der Waals surface area contributed by atoms with Gasteiger partial charge in [-0.2, -0.15) is 0 Å². The summed E-state index contributed by atoms with van der Waals surface area (Å²) in [6.45, 7) is 0.928. The van der Waals surface area contributed by atoms with Crippen molar-refractivity contribution in [3.63, 3.8) is 0 Å². The van der Waals surface area contributed by atoms with E-state index in [9.17, 15) is 0 Å². The third-order valence-electron chi connectivity index (χ3n) is 3.32. The van der Waals surface area contributed by atoms with Crippen LogP contribution in [0.5, 0.6) is 0 Å². The number of nitrogens with zero attached hydrogens (tertiary/aromatic N) is 1. The molecule has 1 aliphatic rings. The molecule has 0 saturated heterocycles. The van der Waals surface area contributed by atoms with Gasteiger partial charge < -0.3 is 5.32 Å². The predicted octanol–water partition coefficient (Wildman–Crippen LogP) is 2.74. The highest BCUT2D eigenvalue weighted by Gasteiger charge is 2.24. The first-order chi connectivity index (χ1) is 8.36. The molecule has 0 saturated carbocycles. The Hall–Kier alpha value is -1.19. The molecule has 0 unspecified atom stereocenters. The van der Waals surface area contributed by atoms with Crippen LogP contribution in [0.3, 0.4) is 0 Å². The molecule has 1 N–H and O–H groups in total. The van der Waals surface area contributed by atoms with Gasteiger partial charge in [-0.15, -0.1) is 11.3 Å². The van der Waals surface area contributed by atoms with Crippen LogP contribution in [0, 0.1) is 0 Å². The maximum absolute atomic E-state index is 4.58. The Morgan fingerprint density at radius 2 is 2.00 bits per heavy atom. The fourth-order valence-electron chi connectivity index (χ4n) is 2.50. The lowest BCUT2D eigenvalue weighted by Crippen LogP contribution is -2.02. The van der Waals surface area contributed by atoms with Crippen molar-refractivity contribution < 1.29 is 0 Å². The van der Waals surface area contributed by atoms with Crippen LogP contribution >= 0.6 is 11.3 Å². The molecule has 0 spiro atoms. The second-order valence-corrected chi connectivity index (χ2v) is 5.72. The van der Waals surface area contributed by atoms with Crippen molar-refractivity contribution in [2.24, 2.45) is 0 Å². The predicted molar refractivity (Wildman–Crippen MR) is 71.5 cm³/mol. The minimum Gasteiger partial charge on any atom is -0.315 e. The lowest BCUT2D eigenvalue weighted by atomic mass is 10.1. The van der Waals surface area contributed by atoms with Crippen LogP contribution in [0.4, 0.5) is 0 Å². The maximum Gasteiger partial charge on any atom is 0.0965 e. The summed E-state index contributed by atoms with van der Waals surface area (Å²) in [6, 6.07) is 8.76. The number of fused-ring (bicyclic) bond motifs is 1. The molecule has 1 aromatic carbocycles. The number of aromatic nitrogens is 1. The van der Waals surface area contributed by atoms with E-state index in [1.54, 1.807) is 0 Å². The van der Waals surface area contributed by atoms with Gasteiger partial charge in [0.1, 0.15) is 0 Å². The van der Waals surface area contributed by atoms with Crippen molar-refractivity contribution in [2.45, 2.75) is 25.3 Å². The van der Waals surface area contributed by atoms with Crippen LogP contribution < -0.4 is 5.32 Å². The van der Waals surface area contributed by atoms with E-state index < -0.39 is 0 Å². The summed E-state index contributed by atoms with van der Waals surface area (Å²) < 4.78 is 0. The molecule has 1 aromatic heterocycles. The summed E-state index contributed by atoms with van der Waals surface area (Å²) in [6.07, 6.45) is 4.32. The zero-order valence-corrected chi connectivity index (χ0v) is 10.8. The fraction of sp³-hybridized carbons (Fsp3) is 0.357. The molecule has 0 radical (unpaired) electrons. The van der Waals surface area contributed by atoms with Crippen molar-refractivity contribution in [1.29, 1.82) is 0 Å². The van der Waals surface area contributed by atoms with E-state index in [-0.39, 0.29) is 0 Å². The largest absolute Gasteiger partial charge is 0.315 e. The van der Waals surface area contributed by atoms with Crippen molar-refractivity contribution in [3.8, 4) is 0 Å². The van der Waals surface area contributed by atoms with Crippen LogP contribution in [-0.2, 0) is 19.4 Å². The topological polar surface area (TPSA) is 24.9 Å². The van der Waals surface area contributed by atoms with Gasteiger partial charge in [0.25, 0.3) is 0 Å². The SMILES string of the molecule is CNCc1cnc(C2Cc3ccccc3C2)s1. The van der Waals surface area contributed by atoms with Gasteiger partial charge in [-0.25, -0.2) is 4.98 Å². The first-order valence-corrected chi connectivity index (χ1v) is 6.84. The van der Waals surface area contributed by atoms with Gasteiger partial charge in [0, 0.05) is 23.5 Å². The van der Waals surface area contributed by atoms with E-state index in [0.29, 0.717) is 5.92 Å². The van der Waals surface area contributed by atoms with Crippen LogP contribution in [0.2, 0.25) is 0 Å². The fourth-order valence-corrected chi connectivity index (χ4v) is 3.53. The van der Waals surface area contributed by atoms with Crippen molar-refractivity contribution in [3.05, 3.63) is 51.5 Å². The first kappa shape index (κ1) is 10.9. The zero-order chi connectivity index (χ0) is 11.7. The highest BCUT2D eigenvalue weighted by molar-refractivity contribution is 7.11. The average molecular weight is 244 g/mol. The molecule has 0 amide bonds. The molecule has 0 aliphatic heterocycles. The van der Waals surface area contributed by atoms with Crippen molar-refractivity contribution in [2.75, 3.05) is 7.05 Å². The lowest BCUT2D eigenvalue weighted by molar-refractivity contribution is 0.734. The molecule has 17 heavy (non-hydrogen) atoms. The molecular weight excluding hydrogens is 228 g/mol. The van der Waals surface area contributed by atoms with Gasteiger partial charge in [0.2, 0.25) is 0 Å². The van der Waals surface area contributed by atoms with Crippen molar-refractivity contribution >= 4 is 11.3 Å². The quantitative estimate of drug-likeness (QED) is 0.898. The van der Waals surface area contributed by atoms with Gasteiger partial charge in [0.05, 0.1) is 5.01 Å². The Morgan fingerprint density at radius 1 is 1.29 bits per heavy atom. The van der Waals surface area contributed by atoms with Gasteiger partial charge in [0.15, 0.2) is 0 Å². The Morgan fingerprint density at radius 3 is 2.65 bits per heavy atom. The number of rotatable bonds is 3. The minimum absolute atomic E-state index is 0.600. The summed E-state index contributed by atoms with van der Waals surface area (Å²) in [7, 11) is 1.98. The molecule has 2 nitrogen and oxygen atoms in total. The highest BCUT2D eigenvalue weighted by Crippen LogP contribution is 2.35. The number of thiazole rings is 1. The van der Waals surface area contributed by atoms with Gasteiger partial charge >= 0.3 is 0 Å². The van der Waals surface area contributed by atoms with E-state index in [2.05, 4.69) is 34.6 Å². The normalized spacial score (nSPS) is 15.1. The van der Waals surface area contributed by atoms with Gasteiger partial charge in [-0.3, -0.25) is 0 Å². The molecule has 1 aliphatic carbocycles. The number of hydrogen-bond donors (Lipinski definition) is 1. The lowest BCUT2D eigenvalue weighted by Gasteiger charge is -2.03. The number of hydrogen-bond acceptors (Lipinski definition) is 3. The monoisotopic (exact) mass is 244 g/mol. The van der Waals surface area contributed by atoms with Gasteiger partial charge in [-0.05, 0) is 31.0 Å². The molecule has 3 rings (SSSR count). The molecule has 0 bridgehead atoms. The molecule has 88 valence electrons. The highest BCUT2D eigenvalue weighted by atomic mass is 32.1. The molecule has 0 fully saturated rings. The van der Waals surface area contributed by atoms with Gasteiger partial charge in [-0.1, -0.05) is 24.3 Å². The van der Waals surface area contributed by atoms with Crippen LogP contribution in [0.1, 0.15) is 26.9 Å². The average Bonchev–Trinajstić information content (AvgIpc) is 2.94. The molecular formula is C14H16N2S. The molecule has 0 atom stereocenters. The number of benzene rings is 1. The maximum atomic E-state index is 4.58. The van der Waals surface area contributed by atoms with E-state index in [1.165, 1.54) is 21.0 Å². The summed E-state index contributed by atoms with van der Waals surface area (Å²) in [5.41, 5.74) is 3.01. The van der Waals surface area contributed by atoms with Crippen LogP contribution in [0.25, 0.3) is 0 Å². The summed E-state index contributed by atoms with van der Waals surface area (Å²) in [5.74, 6) is 0.600. The smallest absolute Gasteiger partial charge is 0.0965 e. The Kier molecular flexibility index (Phi) is 2.95. The Bertz CT molecular complexity index is 493. The summed E-state index contributed by atoms with van der Waals surface area (Å²) in [4.78, 5) is 5.91. The van der Waals surface area contributed by atoms with Crippen LogP contribution in [0.15, 0.2) is 30.5 Å². The van der Waals surface area contributed by atoms with Crippen LogP contribution in [-0.4, -0.2) is 12.0 Å². The Balaban J connectivity index is 1.79. The van der Waals surface area contributed by atoms with E-state index >= 15 is 0 Å². The molecule has 1 heterocycles. The first-order valence-electron chi connectivity index (χ1n) is 6.03. The third kappa shape index (κ3) is 2.13. The third-order valence-corrected chi connectivity index (χ3v) is 4.48. The van der Waals surface area contributed by atoms with E-state index in [1.807, 2.05) is 24.6 Å². The minimum atomic E-state index is 0.600. The zero-order valence-electron chi connectivity index (χ0n) is 9.94. The standard InChI is InChI=1S/C14H16N2S/c1-15-8-13-9-16-14(17-13)12-6-10-4-2-3-5-11(10)7-12/h2-5,9,12,15H,6-8H2,1H3. The second kappa shape index (κ2) is 4.59. The summed E-state index contributed by atoms with van der Waals surface area (Å²) in [5, 5.41) is 4.47. The number of nitrogens with one attached hydrogen (secondary N) is 1. The molecule has 2 aromatic rings. The summed E-state index contributed by atoms with van der Waals surface area (Å²) >= 11 is 1.85. The van der Waals surface area contributed by atoms with Crippen molar-refractivity contribution in [1.82, 2.24) is 10.3 Å². The Labute approximate surface area is 106 Å². The van der Waals surface area contributed by atoms with E-state index in [0.717, 1.165) is 19.4 Å². The molecule has 3 heteroatoms. The second-order valence-electron chi connectivity index (χ2n) is 4.57.